The SMILES string of the molecule is Cc1nc(-c2ccc(S(=O)(=O)Nc3ccc(N)c([N+](=O)[O-])c3)cc2)co1. The molecular weight excluding hydrogens is 360 g/mol. The van der Waals surface area contributed by atoms with Crippen molar-refractivity contribution in [2.75, 3.05) is 10.5 Å². The zero-order chi connectivity index (χ0) is 18.9. The molecule has 0 aliphatic heterocycles. The summed E-state index contributed by atoms with van der Waals surface area (Å²) < 4.78 is 32.4. The molecule has 134 valence electrons. The van der Waals surface area contributed by atoms with Gasteiger partial charge < -0.3 is 10.2 Å². The smallest absolute Gasteiger partial charge is 0.294 e. The van der Waals surface area contributed by atoms with Crippen molar-refractivity contribution < 1.29 is 17.8 Å². The Labute approximate surface area is 148 Å². The average molecular weight is 374 g/mol. The van der Waals surface area contributed by atoms with Gasteiger partial charge in [-0.25, -0.2) is 13.4 Å². The van der Waals surface area contributed by atoms with Crippen molar-refractivity contribution in [1.29, 1.82) is 0 Å². The number of nitrogens with one attached hydrogen (secondary N) is 1. The van der Waals surface area contributed by atoms with Crippen LogP contribution in [0.1, 0.15) is 5.89 Å². The number of nitrogens with two attached hydrogens (primary N) is 1. The van der Waals surface area contributed by atoms with Crippen molar-refractivity contribution in [2.45, 2.75) is 11.8 Å². The molecule has 3 rings (SSSR count). The maximum Gasteiger partial charge on any atom is 0.294 e. The highest BCUT2D eigenvalue weighted by Gasteiger charge is 2.18. The van der Waals surface area contributed by atoms with E-state index in [-0.39, 0.29) is 22.0 Å². The second-order valence-corrected chi connectivity index (χ2v) is 7.09. The second kappa shape index (κ2) is 6.48. The van der Waals surface area contributed by atoms with Gasteiger partial charge in [0.05, 0.1) is 15.5 Å². The van der Waals surface area contributed by atoms with Crippen LogP contribution in [0.25, 0.3) is 11.3 Å². The average Bonchev–Trinajstić information content (AvgIpc) is 3.03. The van der Waals surface area contributed by atoms with E-state index < -0.39 is 14.9 Å². The zero-order valence-electron chi connectivity index (χ0n) is 13.5. The topological polar surface area (TPSA) is 141 Å². The number of nitro benzene ring substituents is 1. The summed E-state index contributed by atoms with van der Waals surface area (Å²) in [5, 5.41) is 10.9. The Kier molecular flexibility index (Phi) is 4.34. The van der Waals surface area contributed by atoms with Crippen LogP contribution in [0.3, 0.4) is 0 Å². The van der Waals surface area contributed by atoms with E-state index in [2.05, 4.69) is 9.71 Å². The van der Waals surface area contributed by atoms with Crippen molar-refractivity contribution in [3.05, 3.63) is 64.7 Å². The molecule has 0 amide bonds. The van der Waals surface area contributed by atoms with Crippen molar-refractivity contribution in [2.24, 2.45) is 0 Å². The van der Waals surface area contributed by atoms with E-state index >= 15 is 0 Å². The number of hydrogen-bond acceptors (Lipinski definition) is 7. The largest absolute Gasteiger partial charge is 0.449 e. The fourth-order valence-corrected chi connectivity index (χ4v) is 3.33. The summed E-state index contributed by atoms with van der Waals surface area (Å²) in [6, 6.07) is 9.70. The number of aromatic nitrogens is 1. The molecule has 0 saturated carbocycles. The Balaban J connectivity index is 1.86. The molecule has 9 nitrogen and oxygen atoms in total. The normalized spacial score (nSPS) is 11.3. The minimum absolute atomic E-state index is 0.000875. The Morgan fingerprint density at radius 1 is 1.19 bits per heavy atom. The van der Waals surface area contributed by atoms with E-state index in [1.165, 1.54) is 30.5 Å². The summed E-state index contributed by atoms with van der Waals surface area (Å²) >= 11 is 0. The molecule has 0 fully saturated rings. The first kappa shape index (κ1) is 17.4. The molecule has 26 heavy (non-hydrogen) atoms. The molecule has 0 aliphatic carbocycles. The van der Waals surface area contributed by atoms with Gasteiger partial charge >= 0.3 is 0 Å². The fourth-order valence-electron chi connectivity index (χ4n) is 2.28. The van der Waals surface area contributed by atoms with Crippen molar-refractivity contribution in [3.8, 4) is 11.3 Å². The molecule has 0 radical (unpaired) electrons. The fraction of sp³-hybridized carbons (Fsp3) is 0.0625. The molecule has 3 N–H and O–H groups in total. The van der Waals surface area contributed by atoms with Gasteiger partial charge in [0.25, 0.3) is 15.7 Å². The molecule has 1 heterocycles. The predicted molar refractivity (Wildman–Crippen MR) is 95.0 cm³/mol. The Bertz CT molecular complexity index is 1070. The second-order valence-electron chi connectivity index (χ2n) is 5.41. The number of rotatable bonds is 5. The van der Waals surface area contributed by atoms with E-state index in [0.717, 1.165) is 6.07 Å². The summed E-state index contributed by atoms with van der Waals surface area (Å²) in [4.78, 5) is 14.4. The van der Waals surface area contributed by atoms with Crippen LogP contribution in [-0.2, 0) is 10.0 Å². The summed E-state index contributed by atoms with van der Waals surface area (Å²) in [5.41, 5.74) is 6.42. The molecular formula is C16H14N4O5S. The number of nitrogens with zero attached hydrogens (tertiary/aromatic N) is 2. The molecule has 10 heteroatoms. The highest BCUT2D eigenvalue weighted by atomic mass is 32.2. The highest BCUT2D eigenvalue weighted by molar-refractivity contribution is 7.92. The van der Waals surface area contributed by atoms with E-state index in [1.807, 2.05) is 0 Å². The third-order valence-electron chi connectivity index (χ3n) is 3.56. The first-order chi connectivity index (χ1) is 12.3. The summed E-state index contributed by atoms with van der Waals surface area (Å²) in [5.74, 6) is 0.503. The van der Waals surface area contributed by atoms with Crippen LogP contribution in [0.2, 0.25) is 0 Å². The van der Waals surface area contributed by atoms with Crippen LogP contribution in [0.15, 0.2) is 58.0 Å². The maximum atomic E-state index is 12.5. The minimum Gasteiger partial charge on any atom is -0.449 e. The number of anilines is 2. The lowest BCUT2D eigenvalue weighted by molar-refractivity contribution is -0.383. The molecule has 2 aromatic carbocycles. The third-order valence-corrected chi connectivity index (χ3v) is 4.96. The van der Waals surface area contributed by atoms with Gasteiger partial charge in [-0.15, -0.1) is 0 Å². The van der Waals surface area contributed by atoms with Crippen LogP contribution in [0.4, 0.5) is 17.1 Å². The van der Waals surface area contributed by atoms with Crippen LogP contribution in [0.5, 0.6) is 0 Å². The monoisotopic (exact) mass is 374 g/mol. The van der Waals surface area contributed by atoms with E-state index in [1.54, 1.807) is 19.1 Å². The van der Waals surface area contributed by atoms with Gasteiger partial charge in [0.15, 0.2) is 5.89 Å². The minimum atomic E-state index is -3.92. The van der Waals surface area contributed by atoms with Gasteiger partial charge in [0.1, 0.15) is 17.6 Å². The number of sulfonamides is 1. The lowest BCUT2D eigenvalue weighted by atomic mass is 10.2. The zero-order valence-corrected chi connectivity index (χ0v) is 14.4. The van der Waals surface area contributed by atoms with Crippen molar-refractivity contribution >= 4 is 27.1 Å². The molecule has 0 atom stereocenters. The first-order valence-electron chi connectivity index (χ1n) is 7.35. The molecule has 0 bridgehead atoms. The van der Waals surface area contributed by atoms with E-state index in [4.69, 9.17) is 10.2 Å². The number of oxazole rings is 1. The quantitative estimate of drug-likeness (QED) is 0.397. The van der Waals surface area contributed by atoms with Crippen LogP contribution >= 0.6 is 0 Å². The summed E-state index contributed by atoms with van der Waals surface area (Å²) in [7, 11) is -3.92. The number of aryl methyl sites for hydroxylation is 1. The molecule has 0 saturated heterocycles. The molecule has 1 aromatic heterocycles. The van der Waals surface area contributed by atoms with Gasteiger partial charge in [0, 0.05) is 18.6 Å². The standard InChI is InChI=1S/C16H14N4O5S/c1-10-18-15(9-25-10)11-2-5-13(6-3-11)26(23,24)19-12-4-7-14(17)16(8-12)20(21)22/h2-9,19H,17H2,1H3. The number of nitrogen functional groups attached to an aromatic ring is 1. The van der Waals surface area contributed by atoms with E-state index in [9.17, 15) is 18.5 Å². The molecule has 3 aromatic rings. The maximum absolute atomic E-state index is 12.5. The molecule has 0 spiro atoms. The number of nitro groups is 1. The summed E-state index contributed by atoms with van der Waals surface area (Å²) in [6.07, 6.45) is 1.48. The predicted octanol–water partition coefficient (Wildman–Crippen LogP) is 2.94. The van der Waals surface area contributed by atoms with Gasteiger partial charge in [-0.05, 0) is 24.3 Å². The van der Waals surface area contributed by atoms with Crippen molar-refractivity contribution in [3.63, 3.8) is 0 Å². The lowest BCUT2D eigenvalue weighted by Gasteiger charge is -2.09. The van der Waals surface area contributed by atoms with E-state index in [0.29, 0.717) is 17.1 Å². The lowest BCUT2D eigenvalue weighted by Crippen LogP contribution is -2.13. The van der Waals surface area contributed by atoms with Crippen LogP contribution in [0, 0.1) is 17.0 Å². The highest BCUT2D eigenvalue weighted by Crippen LogP contribution is 2.27. The first-order valence-corrected chi connectivity index (χ1v) is 8.84. The van der Waals surface area contributed by atoms with Gasteiger partial charge in [0.2, 0.25) is 0 Å². The van der Waals surface area contributed by atoms with Crippen LogP contribution < -0.4 is 10.5 Å². The third kappa shape index (κ3) is 3.49. The Hall–Kier alpha value is -3.40. The summed E-state index contributed by atoms with van der Waals surface area (Å²) in [6.45, 7) is 1.71. The van der Waals surface area contributed by atoms with Gasteiger partial charge in [-0.3, -0.25) is 14.8 Å². The van der Waals surface area contributed by atoms with Crippen molar-refractivity contribution in [1.82, 2.24) is 4.98 Å². The van der Waals surface area contributed by atoms with Gasteiger partial charge in [-0.2, -0.15) is 0 Å². The number of benzene rings is 2. The number of hydrogen-bond donors (Lipinski definition) is 2. The molecule has 0 aliphatic rings. The van der Waals surface area contributed by atoms with Gasteiger partial charge in [-0.1, -0.05) is 12.1 Å². The molecule has 0 unspecified atom stereocenters. The Morgan fingerprint density at radius 3 is 2.46 bits per heavy atom. The Morgan fingerprint density at radius 2 is 1.88 bits per heavy atom. The van der Waals surface area contributed by atoms with Crippen LogP contribution in [-0.4, -0.2) is 18.3 Å².